The Morgan fingerprint density at radius 3 is 2.80 bits per heavy atom. The van der Waals surface area contributed by atoms with Crippen LogP contribution >= 0.6 is 23.1 Å². The molecule has 2 aromatic heterocycles. The SMILES string of the molecule is O=C(CSc1ccc2ccccc2n1)NC(=O)NCCc1cccs1. The minimum Gasteiger partial charge on any atom is -0.337 e. The van der Waals surface area contributed by atoms with Crippen LogP contribution in [0.4, 0.5) is 4.79 Å². The lowest BCUT2D eigenvalue weighted by Crippen LogP contribution is -2.41. The van der Waals surface area contributed by atoms with E-state index >= 15 is 0 Å². The van der Waals surface area contributed by atoms with Gasteiger partial charge in [-0.25, -0.2) is 9.78 Å². The number of fused-ring (bicyclic) bond motifs is 1. The van der Waals surface area contributed by atoms with Crippen LogP contribution in [-0.2, 0) is 11.2 Å². The number of thioether (sulfide) groups is 1. The topological polar surface area (TPSA) is 71.1 Å². The van der Waals surface area contributed by atoms with E-state index in [1.54, 1.807) is 11.3 Å². The number of carbonyl (C=O) groups excluding carboxylic acids is 2. The summed E-state index contributed by atoms with van der Waals surface area (Å²) < 4.78 is 0. The van der Waals surface area contributed by atoms with E-state index < -0.39 is 6.03 Å². The molecule has 3 rings (SSSR count). The molecule has 0 saturated carbocycles. The first-order valence-corrected chi connectivity index (χ1v) is 9.66. The van der Waals surface area contributed by atoms with Crippen LogP contribution in [0.2, 0.25) is 0 Å². The summed E-state index contributed by atoms with van der Waals surface area (Å²) in [4.78, 5) is 29.3. The second-order valence-corrected chi connectivity index (χ2v) is 7.29. The minimum absolute atomic E-state index is 0.143. The molecule has 0 atom stereocenters. The molecular formula is C18H17N3O2S2. The van der Waals surface area contributed by atoms with Gasteiger partial charge in [-0.3, -0.25) is 10.1 Å². The third-order valence-electron chi connectivity index (χ3n) is 3.41. The molecule has 1 aromatic carbocycles. The minimum atomic E-state index is -0.464. The molecule has 2 N–H and O–H groups in total. The molecule has 25 heavy (non-hydrogen) atoms. The summed E-state index contributed by atoms with van der Waals surface area (Å²) in [5.74, 6) is -0.197. The number of pyridine rings is 1. The maximum atomic E-state index is 11.9. The molecule has 0 bridgehead atoms. The molecule has 0 fully saturated rings. The van der Waals surface area contributed by atoms with Crippen molar-refractivity contribution in [1.29, 1.82) is 0 Å². The average molecular weight is 371 g/mol. The molecule has 0 radical (unpaired) electrons. The van der Waals surface area contributed by atoms with Crippen molar-refractivity contribution in [2.75, 3.05) is 12.3 Å². The molecule has 3 amide bonds. The number of nitrogens with zero attached hydrogens (tertiary/aromatic N) is 1. The highest BCUT2D eigenvalue weighted by atomic mass is 32.2. The highest BCUT2D eigenvalue weighted by Crippen LogP contribution is 2.19. The van der Waals surface area contributed by atoms with E-state index in [1.807, 2.05) is 53.9 Å². The van der Waals surface area contributed by atoms with Gasteiger partial charge in [0, 0.05) is 16.8 Å². The smallest absolute Gasteiger partial charge is 0.321 e. The van der Waals surface area contributed by atoms with Crippen LogP contribution in [-0.4, -0.2) is 29.2 Å². The molecule has 7 heteroatoms. The van der Waals surface area contributed by atoms with Crippen molar-refractivity contribution >= 4 is 45.9 Å². The number of rotatable bonds is 6. The maximum absolute atomic E-state index is 11.9. The number of thiophene rings is 1. The Morgan fingerprint density at radius 1 is 1.08 bits per heavy atom. The predicted molar refractivity (Wildman–Crippen MR) is 102 cm³/mol. The largest absolute Gasteiger partial charge is 0.337 e. The second kappa shape index (κ2) is 8.64. The number of nitrogens with one attached hydrogen (secondary N) is 2. The Hall–Kier alpha value is -2.38. The number of hydrogen-bond acceptors (Lipinski definition) is 5. The van der Waals surface area contributed by atoms with Crippen LogP contribution in [0.5, 0.6) is 0 Å². The molecule has 3 aromatic rings. The van der Waals surface area contributed by atoms with E-state index in [0.29, 0.717) is 6.54 Å². The highest BCUT2D eigenvalue weighted by molar-refractivity contribution is 7.99. The second-order valence-electron chi connectivity index (χ2n) is 5.26. The summed E-state index contributed by atoms with van der Waals surface area (Å²) in [6, 6.07) is 15.2. The lowest BCUT2D eigenvalue weighted by Gasteiger charge is -2.06. The van der Waals surface area contributed by atoms with Crippen molar-refractivity contribution in [2.45, 2.75) is 11.4 Å². The van der Waals surface area contributed by atoms with Gasteiger partial charge < -0.3 is 5.32 Å². The molecule has 128 valence electrons. The summed E-state index contributed by atoms with van der Waals surface area (Å²) in [5.41, 5.74) is 0.888. The zero-order chi connectivity index (χ0) is 17.5. The van der Waals surface area contributed by atoms with Crippen molar-refractivity contribution in [3.05, 3.63) is 58.8 Å². The third-order valence-corrected chi connectivity index (χ3v) is 5.28. The number of imide groups is 1. The normalized spacial score (nSPS) is 10.6. The standard InChI is InChI=1S/C18H17N3O2S2/c22-16(21-18(23)19-10-9-14-5-3-11-24-14)12-25-17-8-7-13-4-1-2-6-15(13)20-17/h1-8,11H,9-10,12H2,(H2,19,21,22,23). The molecular weight excluding hydrogens is 354 g/mol. The van der Waals surface area contributed by atoms with Gasteiger partial charge in [0.05, 0.1) is 16.3 Å². The van der Waals surface area contributed by atoms with Crippen molar-refractivity contribution < 1.29 is 9.59 Å². The molecule has 0 unspecified atom stereocenters. The summed E-state index contributed by atoms with van der Waals surface area (Å²) in [6.07, 6.45) is 0.759. The Morgan fingerprint density at radius 2 is 1.96 bits per heavy atom. The fourth-order valence-corrected chi connectivity index (χ4v) is 3.62. The van der Waals surface area contributed by atoms with Crippen LogP contribution < -0.4 is 10.6 Å². The first-order valence-electron chi connectivity index (χ1n) is 7.79. The van der Waals surface area contributed by atoms with Gasteiger partial charge in [0.15, 0.2) is 0 Å². The van der Waals surface area contributed by atoms with Gasteiger partial charge in [-0.1, -0.05) is 42.1 Å². The maximum Gasteiger partial charge on any atom is 0.321 e. The first kappa shape index (κ1) is 17.4. The van der Waals surface area contributed by atoms with Gasteiger partial charge in [0.1, 0.15) is 0 Å². The number of hydrogen-bond donors (Lipinski definition) is 2. The molecule has 0 spiro atoms. The van der Waals surface area contributed by atoms with Gasteiger partial charge in [-0.05, 0) is 30.0 Å². The van der Waals surface area contributed by atoms with Gasteiger partial charge in [0.25, 0.3) is 0 Å². The highest BCUT2D eigenvalue weighted by Gasteiger charge is 2.09. The lowest BCUT2D eigenvalue weighted by atomic mass is 10.2. The lowest BCUT2D eigenvalue weighted by molar-refractivity contribution is -0.117. The Kier molecular flexibility index (Phi) is 6.03. The van der Waals surface area contributed by atoms with Crippen molar-refractivity contribution in [3.63, 3.8) is 0 Å². The predicted octanol–water partition coefficient (Wildman–Crippen LogP) is 3.46. The van der Waals surface area contributed by atoms with Crippen LogP contribution in [0.25, 0.3) is 10.9 Å². The van der Waals surface area contributed by atoms with Gasteiger partial charge >= 0.3 is 6.03 Å². The van der Waals surface area contributed by atoms with Crippen molar-refractivity contribution in [2.24, 2.45) is 0 Å². The number of carbonyl (C=O) groups is 2. The zero-order valence-electron chi connectivity index (χ0n) is 13.4. The van der Waals surface area contributed by atoms with Gasteiger partial charge in [-0.2, -0.15) is 0 Å². The average Bonchev–Trinajstić information content (AvgIpc) is 3.13. The molecule has 0 saturated heterocycles. The third kappa shape index (κ3) is 5.30. The van der Waals surface area contributed by atoms with Crippen LogP contribution in [0, 0.1) is 0 Å². The summed E-state index contributed by atoms with van der Waals surface area (Å²) in [5, 5.41) is 8.83. The molecule has 0 aliphatic rings. The molecule has 0 aliphatic carbocycles. The Bertz CT molecular complexity index is 866. The Labute approximate surface area is 153 Å². The van der Waals surface area contributed by atoms with E-state index in [4.69, 9.17) is 0 Å². The summed E-state index contributed by atoms with van der Waals surface area (Å²) >= 11 is 2.95. The fraction of sp³-hybridized carbons (Fsp3) is 0.167. The van der Waals surface area contributed by atoms with Crippen LogP contribution in [0.1, 0.15) is 4.88 Å². The summed E-state index contributed by atoms with van der Waals surface area (Å²) in [6.45, 7) is 0.499. The quantitative estimate of drug-likeness (QED) is 0.651. The van der Waals surface area contributed by atoms with Crippen molar-refractivity contribution in [1.82, 2.24) is 15.6 Å². The number of urea groups is 1. The number of aromatic nitrogens is 1. The fourth-order valence-electron chi connectivity index (χ4n) is 2.23. The monoisotopic (exact) mass is 371 g/mol. The van der Waals surface area contributed by atoms with E-state index in [2.05, 4.69) is 15.6 Å². The number of para-hydroxylation sites is 1. The molecule has 2 heterocycles. The van der Waals surface area contributed by atoms with Crippen LogP contribution in [0.3, 0.4) is 0 Å². The van der Waals surface area contributed by atoms with E-state index in [0.717, 1.165) is 22.3 Å². The molecule has 0 aliphatic heterocycles. The summed E-state index contributed by atoms with van der Waals surface area (Å²) in [7, 11) is 0. The van der Waals surface area contributed by atoms with Gasteiger partial charge in [-0.15, -0.1) is 11.3 Å². The molecule has 5 nitrogen and oxygen atoms in total. The van der Waals surface area contributed by atoms with Crippen molar-refractivity contribution in [3.8, 4) is 0 Å². The number of amides is 3. The Balaban J connectivity index is 1.41. The number of benzene rings is 1. The first-order chi connectivity index (χ1) is 12.2. The zero-order valence-corrected chi connectivity index (χ0v) is 15.0. The van der Waals surface area contributed by atoms with E-state index in [9.17, 15) is 9.59 Å². The van der Waals surface area contributed by atoms with Crippen LogP contribution in [0.15, 0.2) is 58.9 Å². The van der Waals surface area contributed by atoms with E-state index in [-0.39, 0.29) is 11.7 Å². The van der Waals surface area contributed by atoms with E-state index in [1.165, 1.54) is 16.6 Å². The van der Waals surface area contributed by atoms with Gasteiger partial charge in [0.2, 0.25) is 5.91 Å².